The molecule has 0 aromatic carbocycles. The molecule has 0 N–H and O–H groups in total. The number of carbonyl (C=O) groups excluding carboxylic acids is 1. The second-order valence-electron chi connectivity index (χ2n) is 4.03. The van der Waals surface area contributed by atoms with Crippen molar-refractivity contribution in [1.82, 2.24) is 4.90 Å². The maximum Gasteiger partial charge on any atom is 0.248 e. The van der Waals surface area contributed by atoms with Gasteiger partial charge in [-0.15, -0.1) is 0 Å². The van der Waals surface area contributed by atoms with E-state index in [0.717, 1.165) is 18.8 Å². The van der Waals surface area contributed by atoms with Crippen LogP contribution in [0, 0.1) is 5.41 Å². The van der Waals surface area contributed by atoms with Crippen molar-refractivity contribution in [3.05, 3.63) is 0 Å². The Bertz CT molecular complexity index is 216. The van der Waals surface area contributed by atoms with Crippen LogP contribution in [0.5, 0.6) is 0 Å². The fourth-order valence-electron chi connectivity index (χ4n) is 1.67. The third kappa shape index (κ3) is 1.99. The molecule has 4 heteroatoms. The second-order valence-corrected chi connectivity index (χ2v) is 4.34. The lowest BCUT2D eigenvalue weighted by atomic mass is 10.1. The van der Waals surface area contributed by atoms with Crippen molar-refractivity contribution in [3.8, 4) is 0 Å². The Morgan fingerprint density at radius 1 is 1.54 bits per heavy atom. The highest BCUT2D eigenvalue weighted by Crippen LogP contribution is 2.47. The normalized spacial score (nSPS) is 26.2. The molecule has 3 nitrogen and oxygen atoms in total. The van der Waals surface area contributed by atoms with Crippen molar-refractivity contribution < 1.29 is 9.53 Å². The fraction of sp³-hybridized carbons (Fsp3) is 0.889. The van der Waals surface area contributed by atoms with Crippen molar-refractivity contribution in [2.24, 2.45) is 5.41 Å². The number of thiol groups is 1. The highest BCUT2D eigenvalue weighted by atomic mass is 32.1. The van der Waals surface area contributed by atoms with E-state index in [-0.39, 0.29) is 12.5 Å². The minimum absolute atomic E-state index is 0.138. The van der Waals surface area contributed by atoms with Crippen molar-refractivity contribution in [2.75, 3.05) is 32.1 Å². The van der Waals surface area contributed by atoms with Crippen molar-refractivity contribution in [1.29, 1.82) is 0 Å². The first-order valence-corrected chi connectivity index (χ1v) is 5.35. The molecule has 0 radical (unpaired) electrons. The van der Waals surface area contributed by atoms with Crippen LogP contribution >= 0.6 is 12.6 Å². The highest BCUT2D eigenvalue weighted by Gasteiger charge is 2.43. The van der Waals surface area contributed by atoms with Gasteiger partial charge in [0, 0.05) is 13.1 Å². The first kappa shape index (κ1) is 9.34. The topological polar surface area (TPSA) is 29.5 Å². The van der Waals surface area contributed by atoms with Gasteiger partial charge in [0.2, 0.25) is 5.91 Å². The highest BCUT2D eigenvalue weighted by molar-refractivity contribution is 7.80. The number of carbonyl (C=O) groups is 1. The van der Waals surface area contributed by atoms with Crippen LogP contribution in [-0.4, -0.2) is 42.9 Å². The van der Waals surface area contributed by atoms with E-state index in [0.29, 0.717) is 12.0 Å². The van der Waals surface area contributed by atoms with Crippen LogP contribution in [0.2, 0.25) is 0 Å². The van der Waals surface area contributed by atoms with Gasteiger partial charge in [-0.1, -0.05) is 0 Å². The summed E-state index contributed by atoms with van der Waals surface area (Å²) in [6, 6.07) is 0. The molecule has 2 aliphatic rings. The van der Waals surface area contributed by atoms with Gasteiger partial charge < -0.3 is 9.64 Å². The maximum absolute atomic E-state index is 11.4. The summed E-state index contributed by atoms with van der Waals surface area (Å²) in [4.78, 5) is 13.3. The molecule has 0 bridgehead atoms. The number of nitrogens with zero attached hydrogens (tertiary/aromatic N) is 1. The molecule has 2 rings (SSSR count). The van der Waals surface area contributed by atoms with Gasteiger partial charge in [-0.25, -0.2) is 0 Å². The van der Waals surface area contributed by atoms with Crippen molar-refractivity contribution in [3.63, 3.8) is 0 Å². The molecule has 2 fully saturated rings. The molecule has 0 aromatic rings. The summed E-state index contributed by atoms with van der Waals surface area (Å²) in [5, 5.41) is 0. The largest absolute Gasteiger partial charge is 0.370 e. The van der Waals surface area contributed by atoms with E-state index in [1.165, 1.54) is 12.8 Å². The van der Waals surface area contributed by atoms with E-state index in [1.54, 1.807) is 0 Å². The van der Waals surface area contributed by atoms with E-state index >= 15 is 0 Å². The monoisotopic (exact) mass is 201 g/mol. The van der Waals surface area contributed by atoms with Crippen molar-refractivity contribution >= 4 is 18.5 Å². The van der Waals surface area contributed by atoms with Crippen LogP contribution in [0.3, 0.4) is 0 Å². The molecule has 0 spiro atoms. The summed E-state index contributed by atoms with van der Waals surface area (Å²) in [5.74, 6) is 1.04. The molecule has 1 aliphatic heterocycles. The molecule has 1 saturated carbocycles. The van der Waals surface area contributed by atoms with Crippen molar-refractivity contribution in [2.45, 2.75) is 12.8 Å². The Morgan fingerprint density at radius 3 is 2.85 bits per heavy atom. The fourth-order valence-corrected chi connectivity index (χ4v) is 2.08. The van der Waals surface area contributed by atoms with Gasteiger partial charge in [0.25, 0.3) is 0 Å². The Kier molecular flexibility index (Phi) is 2.51. The zero-order valence-electron chi connectivity index (χ0n) is 7.66. The summed E-state index contributed by atoms with van der Waals surface area (Å²) in [7, 11) is 0. The number of hydrogen-bond donors (Lipinski definition) is 1. The van der Waals surface area contributed by atoms with Crippen LogP contribution in [0.15, 0.2) is 0 Å². The number of hydrogen-bond acceptors (Lipinski definition) is 3. The lowest BCUT2D eigenvalue weighted by molar-refractivity contribution is -0.143. The third-order valence-electron chi connectivity index (χ3n) is 2.90. The minimum Gasteiger partial charge on any atom is -0.370 e. The molecule has 0 aromatic heterocycles. The van der Waals surface area contributed by atoms with Gasteiger partial charge in [0.1, 0.15) is 6.61 Å². The molecular weight excluding hydrogens is 186 g/mol. The van der Waals surface area contributed by atoms with Crippen LogP contribution in [0.25, 0.3) is 0 Å². The molecule has 74 valence electrons. The Balaban J connectivity index is 1.89. The van der Waals surface area contributed by atoms with Gasteiger partial charge in [-0.3, -0.25) is 4.79 Å². The predicted octanol–water partition coefficient (Wildman–Crippen LogP) is 0.555. The Hall–Kier alpha value is -0.220. The standard InChI is InChI=1S/C9H15NO2S/c11-8-5-12-4-3-10(8)6-9(7-13)1-2-9/h13H,1-7H2. The molecule has 1 aliphatic carbocycles. The van der Waals surface area contributed by atoms with E-state index in [2.05, 4.69) is 12.6 Å². The van der Waals surface area contributed by atoms with E-state index in [4.69, 9.17) is 4.74 Å². The first-order chi connectivity index (χ1) is 6.26. The second kappa shape index (κ2) is 3.50. The summed E-state index contributed by atoms with van der Waals surface area (Å²) >= 11 is 4.32. The quantitative estimate of drug-likeness (QED) is 0.676. The summed E-state index contributed by atoms with van der Waals surface area (Å²) in [6.07, 6.45) is 2.45. The maximum atomic E-state index is 11.4. The zero-order chi connectivity index (χ0) is 9.31. The number of rotatable bonds is 3. The number of morpholine rings is 1. The summed E-state index contributed by atoms with van der Waals surface area (Å²) in [6.45, 7) is 2.60. The van der Waals surface area contributed by atoms with E-state index < -0.39 is 0 Å². The molecule has 0 atom stereocenters. The third-order valence-corrected chi connectivity index (χ3v) is 3.57. The van der Waals surface area contributed by atoms with Crippen LogP contribution in [-0.2, 0) is 9.53 Å². The average Bonchev–Trinajstić information content (AvgIpc) is 2.90. The zero-order valence-corrected chi connectivity index (χ0v) is 8.56. The first-order valence-electron chi connectivity index (χ1n) is 4.72. The summed E-state index contributed by atoms with van der Waals surface area (Å²) in [5.41, 5.74) is 0.343. The van der Waals surface area contributed by atoms with E-state index in [9.17, 15) is 4.79 Å². The SMILES string of the molecule is O=C1COCCN1CC1(CS)CC1. The Morgan fingerprint density at radius 2 is 2.31 bits per heavy atom. The van der Waals surface area contributed by atoms with Gasteiger partial charge >= 0.3 is 0 Å². The van der Waals surface area contributed by atoms with Gasteiger partial charge in [-0.05, 0) is 24.0 Å². The van der Waals surface area contributed by atoms with Gasteiger partial charge in [0.15, 0.2) is 0 Å². The molecular formula is C9H15NO2S. The smallest absolute Gasteiger partial charge is 0.248 e. The van der Waals surface area contributed by atoms with E-state index in [1.807, 2.05) is 4.90 Å². The average molecular weight is 201 g/mol. The molecule has 0 unspecified atom stereocenters. The lowest BCUT2D eigenvalue weighted by Crippen LogP contribution is -2.44. The van der Waals surface area contributed by atoms with Gasteiger partial charge in [0.05, 0.1) is 6.61 Å². The molecule has 1 amide bonds. The van der Waals surface area contributed by atoms with Gasteiger partial charge in [-0.2, -0.15) is 12.6 Å². The summed E-state index contributed by atoms with van der Waals surface area (Å²) < 4.78 is 5.07. The predicted molar refractivity (Wildman–Crippen MR) is 52.9 cm³/mol. The van der Waals surface area contributed by atoms with Crippen LogP contribution in [0.4, 0.5) is 0 Å². The van der Waals surface area contributed by atoms with Crippen LogP contribution < -0.4 is 0 Å². The molecule has 13 heavy (non-hydrogen) atoms. The number of ether oxygens (including phenoxy) is 1. The van der Waals surface area contributed by atoms with Crippen LogP contribution in [0.1, 0.15) is 12.8 Å². The minimum atomic E-state index is 0.138. The Labute approximate surface area is 83.8 Å². The molecule has 1 heterocycles. The lowest BCUT2D eigenvalue weighted by Gasteiger charge is -2.30. The molecule has 1 saturated heterocycles. The number of amides is 1.